The van der Waals surface area contributed by atoms with Crippen molar-refractivity contribution in [3.05, 3.63) is 22.7 Å². The summed E-state index contributed by atoms with van der Waals surface area (Å²) in [5.41, 5.74) is -0.0140. The molecule has 1 aromatic rings. The van der Waals surface area contributed by atoms with Crippen LogP contribution in [0.1, 0.15) is 39.5 Å². The maximum absolute atomic E-state index is 12.0. The Kier molecular flexibility index (Phi) is 3.82. The Bertz CT molecular complexity index is 421. The maximum atomic E-state index is 12.0. The van der Waals surface area contributed by atoms with Gasteiger partial charge < -0.3 is 9.88 Å². The van der Waals surface area contributed by atoms with E-state index in [-0.39, 0.29) is 5.56 Å². The van der Waals surface area contributed by atoms with E-state index in [4.69, 9.17) is 0 Å². The van der Waals surface area contributed by atoms with E-state index >= 15 is 0 Å². The summed E-state index contributed by atoms with van der Waals surface area (Å²) in [5.74, 6) is 1.18. The van der Waals surface area contributed by atoms with Crippen molar-refractivity contribution in [3.8, 4) is 0 Å². The molecule has 0 amide bonds. The van der Waals surface area contributed by atoms with E-state index < -0.39 is 0 Å². The highest BCUT2D eigenvalue weighted by Crippen LogP contribution is 2.28. The Morgan fingerprint density at radius 3 is 2.88 bits per heavy atom. The predicted octanol–water partition coefficient (Wildman–Crippen LogP) is 2.25. The summed E-state index contributed by atoms with van der Waals surface area (Å²) in [6.07, 6.45) is 8.59. The lowest BCUT2D eigenvalue weighted by atomic mass is 10.00. The maximum Gasteiger partial charge on any atom is 0.293 e. The van der Waals surface area contributed by atoms with Gasteiger partial charge >= 0.3 is 0 Å². The molecule has 1 heterocycles. The molecule has 17 heavy (non-hydrogen) atoms. The fraction of sp³-hybridized carbons (Fsp3) is 0.692. The van der Waals surface area contributed by atoms with Gasteiger partial charge in [0.25, 0.3) is 5.56 Å². The van der Waals surface area contributed by atoms with Crippen LogP contribution in [-0.2, 0) is 6.54 Å². The predicted molar refractivity (Wildman–Crippen MR) is 69.2 cm³/mol. The summed E-state index contributed by atoms with van der Waals surface area (Å²) in [6.45, 7) is 4.81. The van der Waals surface area contributed by atoms with Gasteiger partial charge in [-0.3, -0.25) is 4.79 Å². The first-order valence-electron chi connectivity index (χ1n) is 6.54. The van der Waals surface area contributed by atoms with Gasteiger partial charge in [0.2, 0.25) is 0 Å². The van der Waals surface area contributed by atoms with Crippen LogP contribution in [0.2, 0.25) is 0 Å². The average molecular weight is 235 g/mol. The van der Waals surface area contributed by atoms with E-state index in [9.17, 15) is 4.79 Å². The number of rotatable bonds is 4. The first kappa shape index (κ1) is 12.1. The smallest absolute Gasteiger partial charge is 0.293 e. The minimum absolute atomic E-state index is 0.0140. The zero-order valence-electron chi connectivity index (χ0n) is 10.6. The molecule has 1 fully saturated rings. The molecule has 1 N–H and O–H groups in total. The lowest BCUT2D eigenvalue weighted by molar-refractivity contribution is 0.480. The fourth-order valence-corrected chi connectivity index (χ4v) is 2.59. The number of nitrogens with one attached hydrogen (secondary N) is 1. The summed E-state index contributed by atoms with van der Waals surface area (Å²) < 4.78 is 1.68. The molecule has 0 spiro atoms. The molecular formula is C13H21N3O. The normalized spacial score (nSPS) is 18.2. The Morgan fingerprint density at radius 2 is 2.24 bits per heavy atom. The van der Waals surface area contributed by atoms with Gasteiger partial charge in [0.15, 0.2) is 5.82 Å². The van der Waals surface area contributed by atoms with E-state index in [1.165, 1.54) is 25.7 Å². The molecule has 1 aromatic heterocycles. The molecule has 1 aliphatic rings. The molecule has 0 aliphatic heterocycles. The number of hydrogen-bond acceptors (Lipinski definition) is 3. The van der Waals surface area contributed by atoms with Crippen molar-refractivity contribution in [3.63, 3.8) is 0 Å². The van der Waals surface area contributed by atoms with Crippen LogP contribution in [-0.4, -0.2) is 15.6 Å². The lowest BCUT2D eigenvalue weighted by Gasteiger charge is -2.20. The molecule has 1 atom stereocenters. The van der Waals surface area contributed by atoms with Crippen molar-refractivity contribution in [1.82, 2.24) is 9.55 Å². The Labute approximate surface area is 102 Å². The molecular weight excluding hydrogens is 214 g/mol. The molecule has 94 valence electrons. The third-order valence-electron chi connectivity index (χ3n) is 3.73. The second-order valence-electron chi connectivity index (χ2n) is 4.84. The molecule has 0 bridgehead atoms. The molecule has 4 nitrogen and oxygen atoms in total. The molecule has 2 rings (SSSR count). The minimum atomic E-state index is -0.0140. The van der Waals surface area contributed by atoms with Gasteiger partial charge in [-0.2, -0.15) is 0 Å². The molecule has 0 saturated heterocycles. The second kappa shape index (κ2) is 5.34. The van der Waals surface area contributed by atoms with Crippen molar-refractivity contribution in [2.45, 2.75) is 52.1 Å². The van der Waals surface area contributed by atoms with Crippen LogP contribution in [0.5, 0.6) is 0 Å². The number of anilines is 1. The summed E-state index contributed by atoms with van der Waals surface area (Å²) in [5, 5.41) is 3.28. The van der Waals surface area contributed by atoms with Crippen LogP contribution in [0.25, 0.3) is 0 Å². The van der Waals surface area contributed by atoms with Gasteiger partial charge in [-0.1, -0.05) is 12.8 Å². The Balaban J connectivity index is 2.10. The van der Waals surface area contributed by atoms with E-state index in [1.807, 2.05) is 6.92 Å². The van der Waals surface area contributed by atoms with Crippen LogP contribution < -0.4 is 10.9 Å². The van der Waals surface area contributed by atoms with Crippen molar-refractivity contribution in [1.29, 1.82) is 0 Å². The van der Waals surface area contributed by atoms with Crippen molar-refractivity contribution < 1.29 is 0 Å². The zero-order chi connectivity index (χ0) is 12.3. The highest BCUT2D eigenvalue weighted by Gasteiger charge is 2.22. The fourth-order valence-electron chi connectivity index (χ4n) is 2.59. The van der Waals surface area contributed by atoms with Crippen LogP contribution in [0, 0.1) is 5.92 Å². The molecule has 0 radical (unpaired) electrons. The van der Waals surface area contributed by atoms with E-state index in [2.05, 4.69) is 17.2 Å². The number of aryl methyl sites for hydroxylation is 1. The number of hydrogen-bond donors (Lipinski definition) is 1. The average Bonchev–Trinajstić information content (AvgIpc) is 2.85. The third kappa shape index (κ3) is 2.68. The van der Waals surface area contributed by atoms with Gasteiger partial charge in [0, 0.05) is 25.0 Å². The largest absolute Gasteiger partial charge is 0.363 e. The van der Waals surface area contributed by atoms with Crippen LogP contribution in [0.4, 0.5) is 5.82 Å². The second-order valence-corrected chi connectivity index (χ2v) is 4.84. The number of aromatic nitrogens is 2. The minimum Gasteiger partial charge on any atom is -0.363 e. The topological polar surface area (TPSA) is 46.9 Å². The molecule has 1 unspecified atom stereocenters. The van der Waals surface area contributed by atoms with Gasteiger partial charge in [0.05, 0.1) is 0 Å². The summed E-state index contributed by atoms with van der Waals surface area (Å²) >= 11 is 0. The zero-order valence-corrected chi connectivity index (χ0v) is 10.6. The van der Waals surface area contributed by atoms with Crippen LogP contribution in [0.3, 0.4) is 0 Å². The van der Waals surface area contributed by atoms with Gasteiger partial charge in [-0.05, 0) is 32.6 Å². The molecule has 1 aliphatic carbocycles. The van der Waals surface area contributed by atoms with Crippen LogP contribution in [0.15, 0.2) is 17.2 Å². The standard InChI is InChI=1S/C13H21N3O/c1-3-16-9-8-14-12(13(16)17)15-10(2)11-6-4-5-7-11/h8-11H,3-7H2,1-2H3,(H,14,15). The highest BCUT2D eigenvalue weighted by molar-refractivity contribution is 5.32. The van der Waals surface area contributed by atoms with E-state index in [1.54, 1.807) is 17.0 Å². The lowest BCUT2D eigenvalue weighted by Crippen LogP contribution is -2.30. The Morgan fingerprint density at radius 1 is 1.53 bits per heavy atom. The van der Waals surface area contributed by atoms with Gasteiger partial charge in [-0.25, -0.2) is 4.98 Å². The molecule has 0 aromatic carbocycles. The third-order valence-corrected chi connectivity index (χ3v) is 3.73. The highest BCUT2D eigenvalue weighted by atomic mass is 16.1. The van der Waals surface area contributed by atoms with E-state index in [0.29, 0.717) is 24.3 Å². The van der Waals surface area contributed by atoms with Crippen LogP contribution >= 0.6 is 0 Å². The summed E-state index contributed by atoms with van der Waals surface area (Å²) in [4.78, 5) is 16.1. The first-order valence-corrected chi connectivity index (χ1v) is 6.54. The SMILES string of the molecule is CCn1ccnc(NC(C)C2CCCC2)c1=O. The van der Waals surface area contributed by atoms with E-state index in [0.717, 1.165) is 0 Å². The van der Waals surface area contributed by atoms with Crippen molar-refractivity contribution >= 4 is 5.82 Å². The Hall–Kier alpha value is -1.32. The van der Waals surface area contributed by atoms with Gasteiger partial charge in [-0.15, -0.1) is 0 Å². The van der Waals surface area contributed by atoms with Crippen molar-refractivity contribution in [2.24, 2.45) is 5.92 Å². The quantitative estimate of drug-likeness (QED) is 0.870. The first-order chi connectivity index (χ1) is 8.22. The molecule has 4 heteroatoms. The number of nitrogens with zero attached hydrogens (tertiary/aromatic N) is 2. The van der Waals surface area contributed by atoms with Crippen molar-refractivity contribution in [2.75, 3.05) is 5.32 Å². The monoisotopic (exact) mass is 235 g/mol. The summed E-state index contributed by atoms with van der Waals surface area (Å²) in [7, 11) is 0. The van der Waals surface area contributed by atoms with Gasteiger partial charge in [0.1, 0.15) is 0 Å². The summed E-state index contributed by atoms with van der Waals surface area (Å²) in [6, 6.07) is 0.338. The molecule has 1 saturated carbocycles.